The van der Waals surface area contributed by atoms with Crippen LogP contribution in [-0.2, 0) is 5.60 Å². The van der Waals surface area contributed by atoms with E-state index in [-0.39, 0.29) is 0 Å². The number of hydrogen-bond donors (Lipinski definition) is 1. The van der Waals surface area contributed by atoms with E-state index in [1.54, 1.807) is 0 Å². The number of benzene rings is 6. The third-order valence-electron chi connectivity index (χ3n) is 7.62. The minimum atomic E-state index is -1.51. The maximum Gasteiger partial charge on any atom is 0.147 e. The molecule has 0 radical (unpaired) electrons. The quantitative estimate of drug-likeness (QED) is 0.147. The zero-order valence-corrected chi connectivity index (χ0v) is 23.8. The van der Waals surface area contributed by atoms with E-state index in [1.165, 1.54) is 0 Å². The lowest BCUT2D eigenvalue weighted by Crippen LogP contribution is -2.29. The Labute approximate surface area is 254 Å². The first-order valence-electron chi connectivity index (χ1n) is 14.5. The summed E-state index contributed by atoms with van der Waals surface area (Å²) in [6.07, 6.45) is 2.11. The Hall–Kier alpha value is -5.46. The Kier molecular flexibility index (Phi) is 8.39. The van der Waals surface area contributed by atoms with Crippen LogP contribution in [0.3, 0.4) is 0 Å². The standard InChI is InChI=1S/C42H32O/c43-42(37-27-15-5-16-28-37,38-29-17-6-18-30-38)39(31-40(33-19-7-1-8-20-33)34-21-9-2-10-22-34)32-41(35-23-11-3-12-24-35)36-25-13-4-14-26-36/h1-31,43H. The van der Waals surface area contributed by atoms with Crippen LogP contribution in [0, 0.1) is 0 Å². The van der Waals surface area contributed by atoms with Crippen molar-refractivity contribution in [2.24, 2.45) is 0 Å². The largest absolute Gasteiger partial charge is 0.375 e. The van der Waals surface area contributed by atoms with E-state index < -0.39 is 5.60 Å². The lowest BCUT2D eigenvalue weighted by Gasteiger charge is -2.31. The van der Waals surface area contributed by atoms with Gasteiger partial charge in [0.1, 0.15) is 5.60 Å². The van der Waals surface area contributed by atoms with Gasteiger partial charge in [0.15, 0.2) is 0 Å². The first kappa shape index (κ1) is 27.7. The van der Waals surface area contributed by atoms with Gasteiger partial charge >= 0.3 is 0 Å². The second-order valence-corrected chi connectivity index (χ2v) is 10.4. The summed E-state index contributed by atoms with van der Waals surface area (Å²) in [7, 11) is 0. The van der Waals surface area contributed by atoms with Gasteiger partial charge in [-0.2, -0.15) is 0 Å². The van der Waals surface area contributed by atoms with Crippen LogP contribution in [0.15, 0.2) is 199 Å². The molecule has 6 aromatic carbocycles. The van der Waals surface area contributed by atoms with E-state index in [1.807, 2.05) is 133 Å². The molecule has 1 nitrogen and oxygen atoms in total. The zero-order valence-electron chi connectivity index (χ0n) is 23.8. The summed E-state index contributed by atoms with van der Waals surface area (Å²) < 4.78 is 0. The van der Waals surface area contributed by atoms with Crippen LogP contribution in [0.4, 0.5) is 0 Å². The van der Waals surface area contributed by atoms with Crippen molar-refractivity contribution >= 4 is 11.1 Å². The van der Waals surface area contributed by atoms with Gasteiger partial charge in [0.25, 0.3) is 0 Å². The SMILES string of the molecule is OC(C(=C=C(c1ccccc1)c1ccccc1)C=C(c1ccccc1)c1ccccc1)(c1ccccc1)c1ccccc1. The Morgan fingerprint density at radius 1 is 0.419 bits per heavy atom. The predicted molar refractivity (Wildman–Crippen MR) is 178 cm³/mol. The molecule has 1 heteroatoms. The van der Waals surface area contributed by atoms with Gasteiger partial charge in [-0.25, -0.2) is 0 Å². The van der Waals surface area contributed by atoms with Gasteiger partial charge in [0.05, 0.1) is 0 Å². The molecule has 0 saturated heterocycles. The topological polar surface area (TPSA) is 20.2 Å². The normalized spacial score (nSPS) is 10.8. The average Bonchev–Trinajstić information content (AvgIpc) is 3.10. The Morgan fingerprint density at radius 3 is 1.07 bits per heavy atom. The highest BCUT2D eigenvalue weighted by Crippen LogP contribution is 2.40. The summed E-state index contributed by atoms with van der Waals surface area (Å²) in [5.74, 6) is 0. The molecule has 0 aromatic heterocycles. The predicted octanol–water partition coefficient (Wildman–Crippen LogP) is 9.71. The van der Waals surface area contributed by atoms with Crippen molar-refractivity contribution in [2.75, 3.05) is 0 Å². The molecule has 0 bridgehead atoms. The third kappa shape index (κ3) is 6.10. The second-order valence-electron chi connectivity index (χ2n) is 10.4. The van der Waals surface area contributed by atoms with Crippen molar-refractivity contribution in [1.29, 1.82) is 0 Å². The fourth-order valence-corrected chi connectivity index (χ4v) is 5.44. The molecule has 0 spiro atoms. The smallest absolute Gasteiger partial charge is 0.147 e. The number of rotatable bonds is 8. The molecular weight excluding hydrogens is 520 g/mol. The highest BCUT2D eigenvalue weighted by molar-refractivity contribution is 5.84. The van der Waals surface area contributed by atoms with Crippen LogP contribution in [0.5, 0.6) is 0 Å². The minimum Gasteiger partial charge on any atom is -0.375 e. The lowest BCUT2D eigenvalue weighted by atomic mass is 9.78. The number of hydrogen-bond acceptors (Lipinski definition) is 1. The van der Waals surface area contributed by atoms with Crippen molar-refractivity contribution in [1.82, 2.24) is 0 Å². The Balaban J connectivity index is 1.78. The van der Waals surface area contributed by atoms with Crippen molar-refractivity contribution < 1.29 is 5.11 Å². The van der Waals surface area contributed by atoms with E-state index in [0.29, 0.717) is 5.57 Å². The van der Waals surface area contributed by atoms with Crippen LogP contribution >= 0.6 is 0 Å². The maximum absolute atomic E-state index is 13.1. The van der Waals surface area contributed by atoms with Crippen molar-refractivity contribution in [3.8, 4) is 0 Å². The van der Waals surface area contributed by atoms with Crippen LogP contribution in [0.1, 0.15) is 33.4 Å². The fraction of sp³-hybridized carbons (Fsp3) is 0.0238. The minimum absolute atomic E-state index is 0.635. The van der Waals surface area contributed by atoms with Gasteiger partial charge < -0.3 is 5.11 Å². The van der Waals surface area contributed by atoms with Crippen molar-refractivity contribution in [2.45, 2.75) is 5.60 Å². The summed E-state index contributed by atoms with van der Waals surface area (Å²) in [4.78, 5) is 0. The highest BCUT2D eigenvalue weighted by Gasteiger charge is 2.35. The molecule has 43 heavy (non-hydrogen) atoms. The van der Waals surface area contributed by atoms with Crippen molar-refractivity contribution in [3.05, 3.63) is 233 Å². The van der Waals surface area contributed by atoms with E-state index in [9.17, 15) is 5.11 Å². The molecule has 0 saturated carbocycles. The molecule has 0 atom stereocenters. The average molecular weight is 553 g/mol. The molecule has 6 rings (SSSR count). The second kappa shape index (κ2) is 13.0. The monoisotopic (exact) mass is 552 g/mol. The van der Waals surface area contributed by atoms with Gasteiger partial charge in [-0.05, 0) is 45.0 Å². The van der Waals surface area contributed by atoms with Gasteiger partial charge in [-0.3, -0.25) is 0 Å². The number of aliphatic hydroxyl groups is 1. The van der Waals surface area contributed by atoms with Crippen molar-refractivity contribution in [3.63, 3.8) is 0 Å². The molecule has 0 unspecified atom stereocenters. The summed E-state index contributed by atoms with van der Waals surface area (Å²) in [6, 6.07) is 61.0. The molecule has 6 aromatic rings. The Bertz CT molecular complexity index is 1730. The van der Waals surface area contributed by atoms with E-state index >= 15 is 0 Å². The zero-order chi connectivity index (χ0) is 29.3. The molecule has 0 aliphatic carbocycles. The van der Waals surface area contributed by atoms with Gasteiger partial charge in [-0.1, -0.05) is 182 Å². The van der Waals surface area contributed by atoms with Gasteiger partial charge in [-0.15, -0.1) is 5.73 Å². The summed E-state index contributed by atoms with van der Waals surface area (Å²) in [5.41, 5.74) is 10.5. The molecule has 0 amide bonds. The molecule has 1 N–H and O–H groups in total. The summed E-state index contributed by atoms with van der Waals surface area (Å²) >= 11 is 0. The molecule has 0 aliphatic heterocycles. The molecule has 0 heterocycles. The van der Waals surface area contributed by atoms with E-state index in [2.05, 4.69) is 60.3 Å². The third-order valence-corrected chi connectivity index (χ3v) is 7.62. The van der Waals surface area contributed by atoms with Gasteiger partial charge in [0.2, 0.25) is 0 Å². The first-order valence-corrected chi connectivity index (χ1v) is 14.5. The van der Waals surface area contributed by atoms with Crippen LogP contribution in [-0.4, -0.2) is 5.11 Å². The first-order chi connectivity index (χ1) is 21.2. The highest BCUT2D eigenvalue weighted by atomic mass is 16.3. The van der Waals surface area contributed by atoms with Gasteiger partial charge in [0, 0.05) is 11.1 Å². The molecule has 206 valence electrons. The molecular formula is C42H32O. The van der Waals surface area contributed by atoms with E-state index in [4.69, 9.17) is 0 Å². The van der Waals surface area contributed by atoms with E-state index in [0.717, 1.165) is 44.5 Å². The summed E-state index contributed by atoms with van der Waals surface area (Å²) in [5, 5.41) is 13.1. The molecule has 0 fully saturated rings. The summed E-state index contributed by atoms with van der Waals surface area (Å²) in [6.45, 7) is 0. The van der Waals surface area contributed by atoms with Crippen LogP contribution in [0.2, 0.25) is 0 Å². The van der Waals surface area contributed by atoms with Crippen LogP contribution < -0.4 is 0 Å². The maximum atomic E-state index is 13.1. The lowest BCUT2D eigenvalue weighted by molar-refractivity contribution is 0.125. The van der Waals surface area contributed by atoms with Crippen LogP contribution in [0.25, 0.3) is 11.1 Å². The Morgan fingerprint density at radius 2 is 0.721 bits per heavy atom. The fourth-order valence-electron chi connectivity index (χ4n) is 5.44. The molecule has 0 aliphatic rings.